The first-order valence-electron chi connectivity index (χ1n) is 9.04. The van der Waals surface area contributed by atoms with Gasteiger partial charge in [-0.3, -0.25) is 9.59 Å². The predicted molar refractivity (Wildman–Crippen MR) is 106 cm³/mol. The molecular formula is C21H24N4O3. The summed E-state index contributed by atoms with van der Waals surface area (Å²) in [6, 6.07) is 13.1. The van der Waals surface area contributed by atoms with Crippen molar-refractivity contribution in [3.05, 3.63) is 60.0 Å². The van der Waals surface area contributed by atoms with Crippen molar-refractivity contribution in [2.45, 2.75) is 33.2 Å². The van der Waals surface area contributed by atoms with E-state index in [0.717, 1.165) is 11.4 Å². The van der Waals surface area contributed by atoms with Crippen LogP contribution in [0.15, 0.2) is 53.1 Å². The van der Waals surface area contributed by atoms with E-state index in [-0.39, 0.29) is 18.0 Å². The van der Waals surface area contributed by atoms with Gasteiger partial charge < -0.3 is 15.1 Å². The highest BCUT2D eigenvalue weighted by molar-refractivity contribution is 6.01. The Hall–Kier alpha value is -3.35. The summed E-state index contributed by atoms with van der Waals surface area (Å²) >= 11 is 0. The van der Waals surface area contributed by atoms with Crippen molar-refractivity contribution in [2.24, 2.45) is 0 Å². The molecule has 0 unspecified atom stereocenters. The molecule has 28 heavy (non-hydrogen) atoms. The van der Waals surface area contributed by atoms with Gasteiger partial charge in [0.2, 0.25) is 5.91 Å². The summed E-state index contributed by atoms with van der Waals surface area (Å²) in [4.78, 5) is 24.8. The van der Waals surface area contributed by atoms with E-state index in [1.807, 2.05) is 64.1 Å². The normalized spacial score (nSPS) is 11.3. The van der Waals surface area contributed by atoms with E-state index in [4.69, 9.17) is 4.42 Å². The Kier molecular flexibility index (Phi) is 5.35. The van der Waals surface area contributed by atoms with Gasteiger partial charge in [-0.25, -0.2) is 4.68 Å². The summed E-state index contributed by atoms with van der Waals surface area (Å²) < 4.78 is 7.29. The van der Waals surface area contributed by atoms with Crippen molar-refractivity contribution in [1.82, 2.24) is 20.4 Å². The number of nitrogens with one attached hydrogen (secondary N) is 2. The smallest absolute Gasteiger partial charge is 0.255 e. The van der Waals surface area contributed by atoms with Crippen molar-refractivity contribution in [3.8, 4) is 17.1 Å². The molecular weight excluding hydrogens is 356 g/mol. The van der Waals surface area contributed by atoms with Gasteiger partial charge in [-0.15, -0.1) is 0 Å². The number of carbonyl (C=O) groups excluding carboxylic acids is 2. The van der Waals surface area contributed by atoms with Crippen molar-refractivity contribution in [3.63, 3.8) is 0 Å². The lowest BCUT2D eigenvalue weighted by Crippen LogP contribution is -2.45. The van der Waals surface area contributed by atoms with E-state index in [1.54, 1.807) is 16.9 Å². The van der Waals surface area contributed by atoms with Crippen LogP contribution in [0, 0.1) is 6.92 Å². The van der Waals surface area contributed by atoms with Crippen molar-refractivity contribution < 1.29 is 14.0 Å². The topological polar surface area (TPSA) is 89.2 Å². The second-order valence-corrected chi connectivity index (χ2v) is 7.56. The molecule has 3 rings (SSSR count). The maximum absolute atomic E-state index is 12.8. The molecule has 146 valence electrons. The Labute approximate surface area is 163 Å². The average Bonchev–Trinajstić information content (AvgIpc) is 3.25. The number of amides is 2. The molecule has 0 bridgehead atoms. The third-order valence-electron chi connectivity index (χ3n) is 3.88. The minimum absolute atomic E-state index is 0.122. The highest BCUT2D eigenvalue weighted by Gasteiger charge is 2.22. The zero-order valence-electron chi connectivity index (χ0n) is 16.4. The number of rotatable bonds is 5. The minimum atomic E-state index is -0.393. The quantitative estimate of drug-likeness (QED) is 0.712. The molecule has 0 radical (unpaired) electrons. The van der Waals surface area contributed by atoms with Gasteiger partial charge in [-0.2, -0.15) is 5.10 Å². The molecule has 3 aromatic rings. The third kappa shape index (κ3) is 4.68. The maximum atomic E-state index is 12.8. The molecule has 0 aliphatic rings. The molecule has 0 spiro atoms. The summed E-state index contributed by atoms with van der Waals surface area (Å²) in [5, 5.41) is 10.0. The van der Waals surface area contributed by atoms with Gasteiger partial charge >= 0.3 is 0 Å². The summed E-state index contributed by atoms with van der Waals surface area (Å²) in [7, 11) is 0. The van der Waals surface area contributed by atoms with E-state index in [2.05, 4.69) is 15.7 Å². The molecule has 0 atom stereocenters. The highest BCUT2D eigenvalue weighted by Crippen LogP contribution is 2.25. The summed E-state index contributed by atoms with van der Waals surface area (Å²) in [5.41, 5.74) is 1.21. The lowest BCUT2D eigenvalue weighted by Gasteiger charge is -2.20. The summed E-state index contributed by atoms with van der Waals surface area (Å²) in [6.07, 6.45) is 1.64. The Morgan fingerprint density at radius 1 is 1.11 bits per heavy atom. The van der Waals surface area contributed by atoms with Gasteiger partial charge in [0.05, 0.1) is 17.8 Å². The molecule has 2 heterocycles. The number of hydrogen-bond donors (Lipinski definition) is 2. The second kappa shape index (κ2) is 7.72. The first-order valence-corrected chi connectivity index (χ1v) is 9.04. The van der Waals surface area contributed by atoms with Gasteiger partial charge in [0.25, 0.3) is 5.91 Å². The monoisotopic (exact) mass is 380 g/mol. The van der Waals surface area contributed by atoms with Crippen LogP contribution in [0.25, 0.3) is 17.1 Å². The average molecular weight is 380 g/mol. The van der Waals surface area contributed by atoms with E-state index in [1.165, 1.54) is 0 Å². The standard InChI is InChI=1S/C21H24N4O3/c1-14-10-11-17(28-14)19-16(13-25(24-19)15-8-6-5-7-9-15)20(27)22-12-18(26)23-21(2,3)4/h5-11,13H,12H2,1-4H3,(H,22,27)(H,23,26). The van der Waals surface area contributed by atoms with E-state index in [9.17, 15) is 9.59 Å². The van der Waals surface area contributed by atoms with Crippen molar-refractivity contribution in [1.29, 1.82) is 0 Å². The number of nitrogens with zero attached hydrogens (tertiary/aromatic N) is 2. The summed E-state index contributed by atoms with van der Waals surface area (Å²) in [6.45, 7) is 7.35. The number of aryl methyl sites for hydroxylation is 1. The van der Waals surface area contributed by atoms with Crippen LogP contribution in [0.4, 0.5) is 0 Å². The van der Waals surface area contributed by atoms with Crippen LogP contribution in [0.2, 0.25) is 0 Å². The van der Waals surface area contributed by atoms with Crippen LogP contribution >= 0.6 is 0 Å². The number of para-hydroxylation sites is 1. The zero-order valence-corrected chi connectivity index (χ0v) is 16.4. The van der Waals surface area contributed by atoms with Crippen molar-refractivity contribution >= 4 is 11.8 Å². The zero-order chi connectivity index (χ0) is 20.3. The Morgan fingerprint density at radius 2 is 1.82 bits per heavy atom. The lowest BCUT2D eigenvalue weighted by atomic mass is 10.1. The van der Waals surface area contributed by atoms with E-state index < -0.39 is 5.91 Å². The van der Waals surface area contributed by atoms with Crippen LogP contribution in [-0.2, 0) is 4.79 Å². The molecule has 0 saturated carbocycles. The molecule has 0 saturated heterocycles. The largest absolute Gasteiger partial charge is 0.460 e. The molecule has 2 N–H and O–H groups in total. The molecule has 7 heteroatoms. The van der Waals surface area contributed by atoms with Crippen LogP contribution < -0.4 is 10.6 Å². The molecule has 0 fully saturated rings. The van der Waals surface area contributed by atoms with Crippen LogP contribution in [0.5, 0.6) is 0 Å². The van der Waals surface area contributed by atoms with Gasteiger partial charge in [-0.05, 0) is 52.0 Å². The summed E-state index contributed by atoms with van der Waals surface area (Å²) in [5.74, 6) is 0.568. The SMILES string of the molecule is Cc1ccc(-c2nn(-c3ccccc3)cc2C(=O)NCC(=O)NC(C)(C)C)o1. The number of hydrogen-bond acceptors (Lipinski definition) is 4. The number of furan rings is 1. The molecule has 0 aliphatic carbocycles. The predicted octanol–water partition coefficient (Wildman–Crippen LogP) is 3.09. The fourth-order valence-electron chi connectivity index (χ4n) is 2.72. The minimum Gasteiger partial charge on any atom is -0.460 e. The molecule has 1 aromatic carbocycles. The molecule has 0 aliphatic heterocycles. The Balaban J connectivity index is 1.87. The lowest BCUT2D eigenvalue weighted by molar-refractivity contribution is -0.121. The van der Waals surface area contributed by atoms with Gasteiger partial charge in [0.1, 0.15) is 11.5 Å². The third-order valence-corrected chi connectivity index (χ3v) is 3.88. The van der Waals surface area contributed by atoms with Crippen LogP contribution in [0.3, 0.4) is 0 Å². The first-order chi connectivity index (χ1) is 13.2. The second-order valence-electron chi connectivity index (χ2n) is 7.56. The van der Waals surface area contributed by atoms with Gasteiger partial charge in [-0.1, -0.05) is 18.2 Å². The van der Waals surface area contributed by atoms with Gasteiger partial charge in [0.15, 0.2) is 5.76 Å². The Morgan fingerprint density at radius 3 is 2.43 bits per heavy atom. The number of aromatic nitrogens is 2. The van der Waals surface area contributed by atoms with Crippen LogP contribution in [-0.4, -0.2) is 33.7 Å². The Bertz CT molecular complexity index is 981. The first kappa shape index (κ1) is 19.4. The number of carbonyl (C=O) groups is 2. The molecule has 2 aromatic heterocycles. The maximum Gasteiger partial charge on any atom is 0.255 e. The highest BCUT2D eigenvalue weighted by atomic mass is 16.3. The van der Waals surface area contributed by atoms with E-state index in [0.29, 0.717) is 17.0 Å². The van der Waals surface area contributed by atoms with Gasteiger partial charge in [0, 0.05) is 11.7 Å². The molecule has 7 nitrogen and oxygen atoms in total. The van der Waals surface area contributed by atoms with Crippen LogP contribution in [0.1, 0.15) is 36.9 Å². The molecule has 2 amide bonds. The van der Waals surface area contributed by atoms with Crippen molar-refractivity contribution in [2.75, 3.05) is 6.54 Å². The number of benzene rings is 1. The van der Waals surface area contributed by atoms with E-state index >= 15 is 0 Å². The fourth-order valence-corrected chi connectivity index (χ4v) is 2.72. The fraction of sp³-hybridized carbons (Fsp3) is 0.286.